The third-order valence-corrected chi connectivity index (χ3v) is 8.04. The van der Waals surface area contributed by atoms with Gasteiger partial charge in [0, 0.05) is 26.8 Å². The highest BCUT2D eigenvalue weighted by Gasteiger charge is 2.41. The molecule has 8 atom stereocenters. The number of hydrogen-bond acceptors (Lipinski definition) is 6. The highest BCUT2D eigenvalue weighted by molar-refractivity contribution is 5.80. The van der Waals surface area contributed by atoms with E-state index in [-0.39, 0.29) is 36.4 Å². The Balaban J connectivity index is 2.09. The first-order chi connectivity index (χ1) is 17.6. The van der Waals surface area contributed by atoms with E-state index < -0.39 is 24.2 Å². The van der Waals surface area contributed by atoms with Gasteiger partial charge in [-0.05, 0) is 45.3 Å². The lowest BCUT2D eigenvalue weighted by Crippen LogP contribution is -2.52. The molecule has 0 radical (unpaired) electrons. The third-order valence-electron chi connectivity index (χ3n) is 8.04. The zero-order chi connectivity index (χ0) is 27.7. The van der Waals surface area contributed by atoms with Crippen molar-refractivity contribution in [2.45, 2.75) is 89.8 Å². The molecule has 0 spiro atoms. The van der Waals surface area contributed by atoms with Crippen LogP contribution in [0.2, 0.25) is 0 Å². The van der Waals surface area contributed by atoms with Gasteiger partial charge in [0.25, 0.3) is 0 Å². The van der Waals surface area contributed by atoms with Crippen LogP contribution in [0.4, 0.5) is 0 Å². The predicted octanol–water partition coefficient (Wildman–Crippen LogP) is 3.25. The number of aliphatic hydroxyl groups is 1. The van der Waals surface area contributed by atoms with E-state index in [0.29, 0.717) is 12.5 Å². The number of nitrogens with zero attached hydrogens (tertiary/aromatic N) is 2. The zero-order valence-corrected chi connectivity index (χ0v) is 24.0. The fourth-order valence-electron chi connectivity index (χ4n) is 5.74. The minimum atomic E-state index is -0.816. The van der Waals surface area contributed by atoms with Crippen LogP contribution < -0.4 is 5.32 Å². The number of benzene rings is 1. The van der Waals surface area contributed by atoms with E-state index in [9.17, 15) is 14.7 Å². The van der Waals surface area contributed by atoms with Gasteiger partial charge in [-0.2, -0.15) is 0 Å². The number of likely N-dealkylation sites (tertiary alicyclic amines) is 1. The summed E-state index contributed by atoms with van der Waals surface area (Å²) in [7, 11) is 7.33. The molecule has 0 aromatic heterocycles. The minimum absolute atomic E-state index is 0.0343. The fourth-order valence-corrected chi connectivity index (χ4v) is 5.74. The van der Waals surface area contributed by atoms with Gasteiger partial charge in [0.05, 0.1) is 42.7 Å². The van der Waals surface area contributed by atoms with Gasteiger partial charge >= 0.3 is 0 Å². The third kappa shape index (κ3) is 7.99. The molecule has 0 bridgehead atoms. The van der Waals surface area contributed by atoms with E-state index in [2.05, 4.69) is 24.1 Å². The van der Waals surface area contributed by atoms with Crippen molar-refractivity contribution in [1.82, 2.24) is 15.1 Å². The topological polar surface area (TPSA) is 91.3 Å². The van der Waals surface area contributed by atoms with Crippen molar-refractivity contribution >= 4 is 11.8 Å². The van der Waals surface area contributed by atoms with Crippen molar-refractivity contribution in [3.63, 3.8) is 0 Å². The molecule has 1 aromatic carbocycles. The van der Waals surface area contributed by atoms with E-state index in [1.165, 1.54) is 0 Å². The number of carbonyl (C=O) groups excluding carboxylic acids is 2. The fraction of sp³-hybridized carbons (Fsp3) is 0.724. The summed E-state index contributed by atoms with van der Waals surface area (Å²) in [6, 6.07) is 8.76. The number of methoxy groups -OCH3 is 2. The molecule has 1 fully saturated rings. The Morgan fingerprint density at radius 3 is 2.32 bits per heavy atom. The van der Waals surface area contributed by atoms with Crippen LogP contribution in [-0.4, -0.2) is 91.9 Å². The molecule has 37 heavy (non-hydrogen) atoms. The van der Waals surface area contributed by atoms with Crippen LogP contribution in [-0.2, 0) is 19.1 Å². The van der Waals surface area contributed by atoms with Crippen molar-refractivity contribution in [3.8, 4) is 0 Å². The summed E-state index contributed by atoms with van der Waals surface area (Å²) in [5, 5.41) is 13.6. The van der Waals surface area contributed by atoms with Gasteiger partial charge in [0.15, 0.2) is 0 Å². The standard InChI is InChI=1S/C29H49N3O5/c1-9-19(2)26(31(5)6)24(36-7)18-25(33)32-17-13-16-23(32)28(37-8)20(3)29(35)30-21(4)27(34)22-14-11-10-12-15-22/h10-12,14-15,19-21,23-24,26-28,34H,9,13,16-18H2,1-8H3,(H,30,35)/t19-,20+,21+,23-,24+,26?,27+,28+/m0/s1. The number of likely N-dealkylation sites (N-methyl/N-ethyl adjacent to an activating group) is 1. The van der Waals surface area contributed by atoms with Crippen LogP contribution in [0.5, 0.6) is 0 Å². The van der Waals surface area contributed by atoms with E-state index in [1.807, 2.05) is 56.3 Å². The van der Waals surface area contributed by atoms with Crippen LogP contribution in [0.25, 0.3) is 0 Å². The second-order valence-corrected chi connectivity index (χ2v) is 10.8. The Hall–Kier alpha value is -2.00. The summed E-state index contributed by atoms with van der Waals surface area (Å²) < 4.78 is 11.7. The first-order valence-corrected chi connectivity index (χ1v) is 13.6. The van der Waals surface area contributed by atoms with Crippen LogP contribution in [0.3, 0.4) is 0 Å². The molecule has 210 valence electrons. The van der Waals surface area contributed by atoms with Crippen molar-refractivity contribution in [2.24, 2.45) is 11.8 Å². The van der Waals surface area contributed by atoms with Crippen LogP contribution in [0.1, 0.15) is 65.0 Å². The molecule has 1 aromatic rings. The highest BCUT2D eigenvalue weighted by atomic mass is 16.5. The SMILES string of the molecule is CC[C@H](C)C([C@@H](CC(=O)N1CCC[C@H]1[C@H](OC)[C@@H](C)C(=O)N[C@H](C)[C@@H](O)c1ccccc1)OC)N(C)C. The first kappa shape index (κ1) is 31.2. The Kier molecular flexibility index (Phi) is 12.5. The molecule has 0 saturated carbocycles. The van der Waals surface area contributed by atoms with Gasteiger partial charge in [0.2, 0.25) is 11.8 Å². The Morgan fingerprint density at radius 1 is 1.14 bits per heavy atom. The van der Waals surface area contributed by atoms with E-state index in [1.54, 1.807) is 21.1 Å². The zero-order valence-electron chi connectivity index (χ0n) is 24.0. The van der Waals surface area contributed by atoms with Gasteiger partial charge in [-0.1, -0.05) is 57.5 Å². The second kappa shape index (κ2) is 14.8. The van der Waals surface area contributed by atoms with Gasteiger partial charge in [0.1, 0.15) is 0 Å². The number of amides is 2. The number of carbonyl (C=O) groups is 2. The monoisotopic (exact) mass is 519 g/mol. The van der Waals surface area contributed by atoms with Crippen molar-refractivity contribution in [2.75, 3.05) is 34.9 Å². The number of rotatable bonds is 14. The summed E-state index contributed by atoms with van der Waals surface area (Å²) in [6.45, 7) is 8.61. The lowest BCUT2D eigenvalue weighted by atomic mass is 9.90. The number of nitrogens with one attached hydrogen (secondary N) is 1. The Bertz CT molecular complexity index is 836. The molecule has 2 rings (SSSR count). The molecule has 8 heteroatoms. The van der Waals surface area contributed by atoms with Gasteiger partial charge in [-0.25, -0.2) is 0 Å². The highest BCUT2D eigenvalue weighted by Crippen LogP contribution is 2.29. The van der Waals surface area contributed by atoms with Crippen LogP contribution >= 0.6 is 0 Å². The second-order valence-electron chi connectivity index (χ2n) is 10.8. The summed E-state index contributed by atoms with van der Waals surface area (Å²) in [5.74, 6) is -0.285. The quantitative estimate of drug-likeness (QED) is 0.392. The van der Waals surface area contributed by atoms with E-state index in [0.717, 1.165) is 24.8 Å². The maximum atomic E-state index is 13.5. The van der Waals surface area contributed by atoms with E-state index >= 15 is 0 Å². The molecule has 2 N–H and O–H groups in total. The summed E-state index contributed by atoms with van der Waals surface area (Å²) in [4.78, 5) is 30.8. The van der Waals surface area contributed by atoms with Crippen LogP contribution in [0.15, 0.2) is 30.3 Å². The lowest BCUT2D eigenvalue weighted by Gasteiger charge is -2.38. The maximum absolute atomic E-state index is 13.5. The Morgan fingerprint density at radius 2 is 1.78 bits per heavy atom. The number of ether oxygens (including phenoxy) is 2. The van der Waals surface area contributed by atoms with Gasteiger partial charge < -0.3 is 29.7 Å². The average Bonchev–Trinajstić information content (AvgIpc) is 3.37. The molecule has 2 amide bonds. The molecule has 0 aliphatic carbocycles. The lowest BCUT2D eigenvalue weighted by molar-refractivity contribution is -0.143. The number of hydrogen-bond donors (Lipinski definition) is 2. The smallest absolute Gasteiger partial charge is 0.225 e. The molecule has 1 heterocycles. The molecule has 1 unspecified atom stereocenters. The van der Waals surface area contributed by atoms with Crippen molar-refractivity contribution in [3.05, 3.63) is 35.9 Å². The molecule has 1 aliphatic heterocycles. The van der Waals surface area contributed by atoms with Gasteiger partial charge in [-0.3, -0.25) is 9.59 Å². The first-order valence-electron chi connectivity index (χ1n) is 13.6. The predicted molar refractivity (Wildman–Crippen MR) is 146 cm³/mol. The number of aliphatic hydroxyl groups excluding tert-OH is 1. The summed E-state index contributed by atoms with van der Waals surface area (Å²) in [6.07, 6.45) is 1.45. The minimum Gasteiger partial charge on any atom is -0.386 e. The summed E-state index contributed by atoms with van der Waals surface area (Å²) >= 11 is 0. The van der Waals surface area contributed by atoms with Crippen molar-refractivity contribution < 1.29 is 24.2 Å². The maximum Gasteiger partial charge on any atom is 0.225 e. The molecule has 8 nitrogen and oxygen atoms in total. The van der Waals surface area contributed by atoms with E-state index in [4.69, 9.17) is 9.47 Å². The molecule has 1 saturated heterocycles. The molecule has 1 aliphatic rings. The normalized spacial score (nSPS) is 21.7. The molecular weight excluding hydrogens is 470 g/mol. The van der Waals surface area contributed by atoms with Crippen LogP contribution in [0, 0.1) is 11.8 Å². The van der Waals surface area contributed by atoms with Crippen molar-refractivity contribution in [1.29, 1.82) is 0 Å². The summed E-state index contributed by atoms with van der Waals surface area (Å²) in [5.41, 5.74) is 0.750. The average molecular weight is 520 g/mol. The van der Waals surface area contributed by atoms with Gasteiger partial charge in [-0.15, -0.1) is 0 Å². The largest absolute Gasteiger partial charge is 0.386 e. The Labute approximate surface area is 223 Å². The molecular formula is C29H49N3O5.